The third-order valence-corrected chi connectivity index (χ3v) is 7.11. The van der Waals surface area contributed by atoms with E-state index >= 15 is 0 Å². The van der Waals surface area contributed by atoms with Gasteiger partial charge in [-0.25, -0.2) is 0 Å². The Morgan fingerprint density at radius 1 is 1.00 bits per heavy atom. The fourth-order valence-corrected chi connectivity index (χ4v) is 5.31. The predicted octanol–water partition coefficient (Wildman–Crippen LogP) is 5.15. The van der Waals surface area contributed by atoms with Crippen molar-refractivity contribution < 1.29 is 4.79 Å². The minimum atomic E-state index is -0.00282. The van der Waals surface area contributed by atoms with Crippen molar-refractivity contribution in [3.63, 3.8) is 0 Å². The summed E-state index contributed by atoms with van der Waals surface area (Å²) in [6.45, 7) is 2.10. The standard InChI is InChI=1S/C24H25Cl2N3O/c25-19-12-18-17-8-10-27-11-9-22(17)29(23(18)13-20(19)26)14-24(30)28-21-7-3-5-15-4-1-2-6-16(15)21/h3,5,7,12-13,27H,1-2,4,6,8-11,14H2,(H,28,30). The van der Waals surface area contributed by atoms with Crippen LogP contribution in [0.3, 0.4) is 0 Å². The molecule has 1 aliphatic heterocycles. The number of amides is 1. The number of carbonyl (C=O) groups excluding carboxylic acids is 1. The molecule has 30 heavy (non-hydrogen) atoms. The highest BCUT2D eigenvalue weighted by Crippen LogP contribution is 2.35. The number of nitrogens with one attached hydrogen (secondary N) is 2. The van der Waals surface area contributed by atoms with Crippen molar-refractivity contribution in [2.24, 2.45) is 0 Å². The van der Waals surface area contributed by atoms with Gasteiger partial charge in [0.15, 0.2) is 0 Å². The van der Waals surface area contributed by atoms with Crippen LogP contribution in [-0.4, -0.2) is 23.6 Å². The molecule has 6 heteroatoms. The van der Waals surface area contributed by atoms with Gasteiger partial charge in [-0.05, 0) is 73.5 Å². The van der Waals surface area contributed by atoms with Gasteiger partial charge in [0, 0.05) is 29.7 Å². The molecule has 2 N–H and O–H groups in total. The topological polar surface area (TPSA) is 46.1 Å². The molecule has 0 bridgehead atoms. The molecule has 2 heterocycles. The van der Waals surface area contributed by atoms with Gasteiger partial charge in [-0.1, -0.05) is 35.3 Å². The normalized spacial score (nSPS) is 16.1. The lowest BCUT2D eigenvalue weighted by Gasteiger charge is -2.20. The molecule has 0 spiro atoms. The summed E-state index contributed by atoms with van der Waals surface area (Å²) in [5, 5.41) is 8.82. The zero-order valence-electron chi connectivity index (χ0n) is 16.9. The maximum absolute atomic E-state index is 13.1. The molecule has 0 saturated heterocycles. The summed E-state index contributed by atoms with van der Waals surface area (Å²) in [5.41, 5.74) is 7.10. The van der Waals surface area contributed by atoms with Crippen LogP contribution >= 0.6 is 23.2 Å². The Morgan fingerprint density at radius 2 is 1.80 bits per heavy atom. The molecule has 0 fully saturated rings. The third kappa shape index (κ3) is 3.62. The molecule has 1 aliphatic carbocycles. The molecule has 4 nitrogen and oxygen atoms in total. The molecule has 5 rings (SSSR count). The summed E-state index contributed by atoms with van der Waals surface area (Å²) in [6.07, 6.45) is 6.34. The fourth-order valence-electron chi connectivity index (χ4n) is 4.99. The number of hydrogen-bond acceptors (Lipinski definition) is 2. The SMILES string of the molecule is O=C(Cn1c2c(c3cc(Cl)c(Cl)cc31)CCNCC2)Nc1cccc2c1CCCC2. The number of hydrogen-bond donors (Lipinski definition) is 2. The van der Waals surface area contributed by atoms with Gasteiger partial charge in [0.05, 0.1) is 15.6 Å². The molecule has 3 aromatic rings. The predicted molar refractivity (Wildman–Crippen MR) is 124 cm³/mol. The van der Waals surface area contributed by atoms with E-state index in [2.05, 4.69) is 21.3 Å². The van der Waals surface area contributed by atoms with Crippen molar-refractivity contribution in [1.82, 2.24) is 9.88 Å². The molecular weight excluding hydrogens is 417 g/mol. The van der Waals surface area contributed by atoms with Crippen LogP contribution in [0.25, 0.3) is 10.9 Å². The molecule has 0 saturated carbocycles. The fraction of sp³-hybridized carbons (Fsp3) is 0.375. The van der Waals surface area contributed by atoms with Crippen molar-refractivity contribution in [3.8, 4) is 0 Å². The summed E-state index contributed by atoms with van der Waals surface area (Å²) in [7, 11) is 0. The monoisotopic (exact) mass is 441 g/mol. The van der Waals surface area contributed by atoms with E-state index in [-0.39, 0.29) is 12.5 Å². The first-order valence-corrected chi connectivity index (χ1v) is 11.5. The van der Waals surface area contributed by atoms with Gasteiger partial charge in [0.25, 0.3) is 0 Å². The summed E-state index contributed by atoms with van der Waals surface area (Å²) in [6, 6.07) is 10.1. The molecule has 156 valence electrons. The highest BCUT2D eigenvalue weighted by molar-refractivity contribution is 6.42. The van der Waals surface area contributed by atoms with E-state index in [4.69, 9.17) is 23.2 Å². The minimum Gasteiger partial charge on any atom is -0.335 e. The zero-order chi connectivity index (χ0) is 20.7. The van der Waals surface area contributed by atoms with Crippen LogP contribution in [0.1, 0.15) is 35.2 Å². The van der Waals surface area contributed by atoms with E-state index in [0.717, 1.165) is 55.4 Å². The number of benzene rings is 2. The smallest absolute Gasteiger partial charge is 0.244 e. The molecule has 2 aromatic carbocycles. The quantitative estimate of drug-likeness (QED) is 0.589. The van der Waals surface area contributed by atoms with Gasteiger partial charge in [0.1, 0.15) is 6.54 Å². The van der Waals surface area contributed by atoms with E-state index < -0.39 is 0 Å². The lowest BCUT2D eigenvalue weighted by atomic mass is 9.90. The van der Waals surface area contributed by atoms with Crippen LogP contribution in [0.5, 0.6) is 0 Å². The Balaban J connectivity index is 1.50. The van der Waals surface area contributed by atoms with Crippen LogP contribution in [0.4, 0.5) is 5.69 Å². The van der Waals surface area contributed by atoms with Crippen LogP contribution in [0.2, 0.25) is 10.0 Å². The highest BCUT2D eigenvalue weighted by Gasteiger charge is 2.22. The molecule has 0 radical (unpaired) electrons. The van der Waals surface area contributed by atoms with Crippen LogP contribution in [0.15, 0.2) is 30.3 Å². The van der Waals surface area contributed by atoms with Crippen LogP contribution in [0, 0.1) is 0 Å². The van der Waals surface area contributed by atoms with Crippen molar-refractivity contribution in [1.29, 1.82) is 0 Å². The average Bonchev–Trinajstić information content (AvgIpc) is 2.89. The summed E-state index contributed by atoms with van der Waals surface area (Å²) in [5.74, 6) is -0.00282. The molecule has 1 amide bonds. The minimum absolute atomic E-state index is 0.00282. The van der Waals surface area contributed by atoms with E-state index in [1.54, 1.807) is 0 Å². The number of aromatic nitrogens is 1. The largest absolute Gasteiger partial charge is 0.335 e. The number of nitrogens with zero attached hydrogens (tertiary/aromatic N) is 1. The van der Waals surface area contributed by atoms with Gasteiger partial charge in [-0.2, -0.15) is 0 Å². The Hall–Kier alpha value is -2.01. The summed E-state index contributed by atoms with van der Waals surface area (Å²) < 4.78 is 2.13. The number of anilines is 1. The first-order valence-electron chi connectivity index (χ1n) is 10.7. The lowest BCUT2D eigenvalue weighted by Crippen LogP contribution is -2.22. The number of rotatable bonds is 3. The summed E-state index contributed by atoms with van der Waals surface area (Å²) in [4.78, 5) is 13.1. The highest BCUT2D eigenvalue weighted by atomic mass is 35.5. The zero-order valence-corrected chi connectivity index (χ0v) is 18.4. The van der Waals surface area contributed by atoms with Gasteiger partial charge < -0.3 is 15.2 Å². The molecule has 0 atom stereocenters. The average molecular weight is 442 g/mol. The van der Waals surface area contributed by atoms with E-state index in [1.807, 2.05) is 24.3 Å². The number of halogens is 2. The maximum atomic E-state index is 13.1. The van der Waals surface area contributed by atoms with Crippen molar-refractivity contribution in [3.05, 3.63) is 62.8 Å². The van der Waals surface area contributed by atoms with Crippen molar-refractivity contribution in [2.45, 2.75) is 45.1 Å². The van der Waals surface area contributed by atoms with Crippen molar-refractivity contribution >= 4 is 45.7 Å². The number of fused-ring (bicyclic) bond motifs is 4. The molecule has 0 unspecified atom stereocenters. The second-order valence-electron chi connectivity index (χ2n) is 8.24. The van der Waals surface area contributed by atoms with Gasteiger partial charge >= 0.3 is 0 Å². The summed E-state index contributed by atoms with van der Waals surface area (Å²) >= 11 is 12.7. The van der Waals surface area contributed by atoms with Gasteiger partial charge in [-0.3, -0.25) is 4.79 Å². The van der Waals surface area contributed by atoms with E-state index in [1.165, 1.54) is 35.2 Å². The Labute approximate surface area is 186 Å². The van der Waals surface area contributed by atoms with Crippen LogP contribution < -0.4 is 10.6 Å². The Kier molecular flexibility index (Phi) is 5.48. The number of carbonyl (C=O) groups is 1. The van der Waals surface area contributed by atoms with Gasteiger partial charge in [-0.15, -0.1) is 0 Å². The first-order chi connectivity index (χ1) is 14.6. The second kappa shape index (κ2) is 8.26. The second-order valence-corrected chi connectivity index (χ2v) is 9.06. The molecular formula is C24H25Cl2N3O. The number of aryl methyl sites for hydroxylation is 1. The third-order valence-electron chi connectivity index (χ3n) is 6.39. The Bertz CT molecular complexity index is 1140. The van der Waals surface area contributed by atoms with Crippen LogP contribution in [-0.2, 0) is 37.0 Å². The van der Waals surface area contributed by atoms with Gasteiger partial charge in [0.2, 0.25) is 5.91 Å². The first kappa shape index (κ1) is 19.9. The van der Waals surface area contributed by atoms with E-state index in [9.17, 15) is 4.79 Å². The molecule has 2 aliphatic rings. The Morgan fingerprint density at radius 3 is 2.70 bits per heavy atom. The van der Waals surface area contributed by atoms with Crippen molar-refractivity contribution in [2.75, 3.05) is 18.4 Å². The molecule has 1 aromatic heterocycles. The lowest BCUT2D eigenvalue weighted by molar-refractivity contribution is -0.116. The van der Waals surface area contributed by atoms with E-state index in [0.29, 0.717) is 10.0 Å². The maximum Gasteiger partial charge on any atom is 0.244 e.